The minimum Gasteiger partial charge on any atom is -0.309 e. The largest absolute Gasteiger partial charge is 0.309 e. The Bertz CT molecular complexity index is 4270. The van der Waals surface area contributed by atoms with Crippen LogP contribution in [0.5, 0.6) is 0 Å². The molecule has 4 atom stereocenters. The first-order valence-electron chi connectivity index (χ1n) is 28.9. The van der Waals surface area contributed by atoms with Gasteiger partial charge in [-0.15, -0.1) is 0 Å². The molecule has 1 heteroatoms. The van der Waals surface area contributed by atoms with Crippen LogP contribution in [-0.2, 0) is 16.2 Å². The molecule has 5 aliphatic rings. The van der Waals surface area contributed by atoms with Gasteiger partial charge in [0.25, 0.3) is 0 Å². The predicted octanol–water partition coefficient (Wildman–Crippen LogP) is 20.8. The summed E-state index contributed by atoms with van der Waals surface area (Å²) in [5, 5.41) is 7.55. The van der Waals surface area contributed by atoms with Gasteiger partial charge in [-0.1, -0.05) is 242 Å². The van der Waals surface area contributed by atoms with Crippen LogP contribution >= 0.6 is 0 Å². The van der Waals surface area contributed by atoms with E-state index in [1.165, 1.54) is 118 Å². The van der Waals surface area contributed by atoms with Gasteiger partial charge in [-0.3, -0.25) is 0 Å². The monoisotopic (exact) mass is 1000 g/mol. The van der Waals surface area contributed by atoms with E-state index in [0.29, 0.717) is 5.41 Å². The number of benzene rings is 11. The topological polar surface area (TPSA) is 3.24 Å². The smallest absolute Gasteiger partial charge is 0.0540 e. The molecule has 0 heterocycles. The van der Waals surface area contributed by atoms with Crippen LogP contribution in [0.3, 0.4) is 0 Å². The van der Waals surface area contributed by atoms with Crippen LogP contribution in [-0.4, -0.2) is 0 Å². The van der Waals surface area contributed by atoms with Crippen LogP contribution < -0.4 is 4.90 Å². The lowest BCUT2D eigenvalue weighted by molar-refractivity contribution is -0.412. The van der Waals surface area contributed by atoms with E-state index in [4.69, 9.17) is 0 Å². The number of hydrogen-bond donors (Lipinski definition) is 0. The molecule has 4 fully saturated rings. The first-order valence-corrected chi connectivity index (χ1v) is 28.9. The molecule has 1 nitrogen and oxygen atoms in total. The van der Waals surface area contributed by atoms with Gasteiger partial charge in [0, 0.05) is 22.1 Å². The predicted molar refractivity (Wildman–Crippen MR) is 329 cm³/mol. The number of fused-ring (bicyclic) bond motifs is 11. The maximum absolute atomic E-state index is 2.67. The Morgan fingerprint density at radius 2 is 0.859 bits per heavy atom. The molecular formula is C77H65N. The Balaban J connectivity index is 0.939. The average Bonchev–Trinajstić information content (AvgIpc) is 1.14. The van der Waals surface area contributed by atoms with E-state index < -0.39 is 0 Å². The summed E-state index contributed by atoms with van der Waals surface area (Å²) in [5.41, 5.74) is 22.9. The standard InChI is InChI=1S/C77H65N/c1-74(2,3)51-40-50(41-52(43-51)75(4,5)6)57-28-17-21-48-22-18-31-65(73(48)57)64-27-12-16-35-70(64)78(69-34-15-11-26-63(69)59-30-19-29-58-55-23-8-7-20-47(55)36-38-60(58)59)68-33-14-10-24-56(68)49-37-39-62-61-25-9-13-32-66(61)77(67(62)42-49)71-45-53-44-54-46-72(77)76(53,54)71/h7-43,53-54,71-72H,44-46H2,1-6H3. The summed E-state index contributed by atoms with van der Waals surface area (Å²) in [5.74, 6) is 3.43. The Morgan fingerprint density at radius 3 is 1.54 bits per heavy atom. The average molecular weight is 1000 g/mol. The van der Waals surface area contributed by atoms with Crippen molar-refractivity contribution in [1.29, 1.82) is 0 Å². The van der Waals surface area contributed by atoms with E-state index >= 15 is 0 Å². The SMILES string of the molecule is CC(C)(C)c1cc(-c2cccc3cccc(-c4ccccc4N(c4ccccc4-c4ccc5c(c4)C4(c6ccccc6-5)C5CC6CC7CC4C675)c4ccccc4-c4cccc5c4ccc4ccccc45)c23)cc(C(C)(C)C)c1. The first-order chi connectivity index (χ1) is 37.9. The minimum absolute atomic E-state index is 0.0188. The number of rotatable bonds is 7. The highest BCUT2D eigenvalue weighted by Gasteiger charge is 2.90. The molecule has 11 aromatic rings. The maximum Gasteiger partial charge on any atom is 0.0540 e. The lowest BCUT2D eigenvalue weighted by atomic mass is 9.11. The molecule has 0 amide bonds. The van der Waals surface area contributed by atoms with Crippen molar-refractivity contribution in [2.24, 2.45) is 29.1 Å². The van der Waals surface area contributed by atoms with Crippen molar-refractivity contribution in [3.05, 3.63) is 247 Å². The zero-order valence-electron chi connectivity index (χ0n) is 45.7. The van der Waals surface area contributed by atoms with Crippen LogP contribution in [0.1, 0.15) is 83.1 Å². The third kappa shape index (κ3) is 6.14. The second-order valence-corrected chi connectivity index (χ2v) is 26.0. The normalized spacial score (nSPS) is 22.2. The van der Waals surface area contributed by atoms with Gasteiger partial charge < -0.3 is 4.90 Å². The number of hydrogen-bond acceptors (Lipinski definition) is 1. The van der Waals surface area contributed by atoms with Crippen molar-refractivity contribution in [2.75, 3.05) is 4.90 Å². The molecule has 0 aromatic heterocycles. The number of para-hydroxylation sites is 3. The summed E-state index contributed by atoms with van der Waals surface area (Å²) >= 11 is 0. The van der Waals surface area contributed by atoms with Gasteiger partial charge in [-0.2, -0.15) is 0 Å². The lowest BCUT2D eigenvalue weighted by Crippen LogP contribution is -2.88. The second-order valence-electron chi connectivity index (χ2n) is 26.0. The molecule has 378 valence electrons. The van der Waals surface area contributed by atoms with Gasteiger partial charge >= 0.3 is 0 Å². The maximum atomic E-state index is 2.67. The third-order valence-electron chi connectivity index (χ3n) is 20.5. The second kappa shape index (κ2) is 16.3. The molecule has 2 spiro atoms. The Labute approximate surface area is 460 Å². The highest BCUT2D eigenvalue weighted by molar-refractivity contribution is 6.14. The van der Waals surface area contributed by atoms with Gasteiger partial charge in [0.05, 0.1) is 17.1 Å². The van der Waals surface area contributed by atoms with Crippen LogP contribution in [0, 0.1) is 29.1 Å². The van der Waals surface area contributed by atoms with Gasteiger partial charge in [0.1, 0.15) is 0 Å². The van der Waals surface area contributed by atoms with Crippen molar-refractivity contribution < 1.29 is 0 Å². The summed E-state index contributed by atoms with van der Waals surface area (Å²) < 4.78 is 0. The van der Waals surface area contributed by atoms with Crippen molar-refractivity contribution in [2.45, 2.75) is 77.0 Å². The van der Waals surface area contributed by atoms with Gasteiger partial charge in [-0.25, -0.2) is 0 Å². The quantitative estimate of drug-likeness (QED) is 0.144. The molecule has 0 aliphatic heterocycles. The molecule has 16 rings (SSSR count). The molecule has 5 aliphatic carbocycles. The van der Waals surface area contributed by atoms with Crippen LogP contribution in [0.15, 0.2) is 224 Å². The molecular weight excluding hydrogens is 939 g/mol. The molecule has 0 bridgehead atoms. The molecule has 78 heavy (non-hydrogen) atoms. The number of nitrogens with zero attached hydrogens (tertiary/aromatic N) is 1. The highest BCUT2D eigenvalue weighted by atomic mass is 15.2. The molecule has 0 saturated heterocycles. The van der Waals surface area contributed by atoms with E-state index in [2.05, 4.69) is 271 Å². The van der Waals surface area contributed by atoms with E-state index in [1.54, 1.807) is 11.1 Å². The van der Waals surface area contributed by atoms with E-state index in [-0.39, 0.29) is 16.2 Å². The molecule has 0 radical (unpaired) electrons. The fourth-order valence-corrected chi connectivity index (χ4v) is 17.0. The van der Waals surface area contributed by atoms with E-state index in [1.807, 2.05) is 0 Å². The van der Waals surface area contributed by atoms with Crippen molar-refractivity contribution in [3.63, 3.8) is 0 Å². The van der Waals surface area contributed by atoms with E-state index in [0.717, 1.165) is 40.7 Å². The highest BCUT2D eigenvalue weighted by Crippen LogP contribution is 2.95. The summed E-state index contributed by atoms with van der Waals surface area (Å²) in [6.07, 6.45) is 4.26. The fraction of sp³-hybridized carbons (Fsp3) is 0.221. The fourth-order valence-electron chi connectivity index (χ4n) is 17.0. The van der Waals surface area contributed by atoms with Crippen molar-refractivity contribution in [1.82, 2.24) is 0 Å². The van der Waals surface area contributed by atoms with Crippen LogP contribution in [0.4, 0.5) is 17.1 Å². The minimum atomic E-state index is -0.0188. The Kier molecular flexibility index (Phi) is 9.63. The lowest BCUT2D eigenvalue weighted by Gasteiger charge is -2.92. The summed E-state index contributed by atoms with van der Waals surface area (Å²) in [4.78, 5) is 2.62. The number of anilines is 3. The summed E-state index contributed by atoms with van der Waals surface area (Å²) in [6.45, 7) is 14.1. The first kappa shape index (κ1) is 46.1. The van der Waals surface area contributed by atoms with Crippen molar-refractivity contribution >= 4 is 49.4 Å². The van der Waals surface area contributed by atoms with E-state index in [9.17, 15) is 0 Å². The Morgan fingerprint density at radius 1 is 0.346 bits per heavy atom. The van der Waals surface area contributed by atoms with Gasteiger partial charge in [0.2, 0.25) is 0 Å². The Hall–Kier alpha value is -8.00. The molecule has 11 aromatic carbocycles. The van der Waals surface area contributed by atoms with Crippen LogP contribution in [0.2, 0.25) is 0 Å². The molecule has 4 unspecified atom stereocenters. The van der Waals surface area contributed by atoms with Gasteiger partial charge in [0.15, 0.2) is 0 Å². The van der Waals surface area contributed by atoms with Crippen LogP contribution in [0.25, 0.3) is 88.0 Å². The van der Waals surface area contributed by atoms with Crippen molar-refractivity contribution in [3.8, 4) is 55.6 Å². The zero-order valence-corrected chi connectivity index (χ0v) is 45.7. The third-order valence-corrected chi connectivity index (χ3v) is 20.5. The summed E-state index contributed by atoms with van der Waals surface area (Å²) in [7, 11) is 0. The van der Waals surface area contributed by atoms with Gasteiger partial charge in [-0.05, 0) is 177 Å². The molecule has 0 N–H and O–H groups in total. The zero-order chi connectivity index (χ0) is 52.5. The molecule has 4 saturated carbocycles. The summed E-state index contributed by atoms with van der Waals surface area (Å²) in [6, 6.07) is 86.4.